The number of ether oxygens (including phenoxy) is 1. The molecule has 19 heavy (non-hydrogen) atoms. The summed E-state index contributed by atoms with van der Waals surface area (Å²) in [6, 6.07) is 9.86. The molecule has 1 N–H and O–H groups in total. The standard InChI is InChI=1S/C16H21NO2/c1-16(2,3)15(19-4)14(18)12-9-11-7-5-6-8-13(11)17-10-12/h5-10,14-15,18H,1-4H3. The Kier molecular flexibility index (Phi) is 3.88. The van der Waals surface area contributed by atoms with E-state index in [0.717, 1.165) is 16.5 Å². The van der Waals surface area contributed by atoms with Gasteiger partial charge in [-0.2, -0.15) is 0 Å². The van der Waals surface area contributed by atoms with Crippen LogP contribution in [0.4, 0.5) is 0 Å². The van der Waals surface area contributed by atoms with Crippen LogP contribution in [0.5, 0.6) is 0 Å². The fourth-order valence-corrected chi connectivity index (χ4v) is 2.38. The molecule has 2 unspecified atom stereocenters. The van der Waals surface area contributed by atoms with Crippen molar-refractivity contribution in [3.8, 4) is 0 Å². The zero-order chi connectivity index (χ0) is 14.0. The Balaban J connectivity index is 2.38. The maximum Gasteiger partial charge on any atom is 0.107 e. The van der Waals surface area contributed by atoms with Crippen LogP contribution in [-0.4, -0.2) is 23.3 Å². The average molecular weight is 259 g/mol. The van der Waals surface area contributed by atoms with E-state index in [1.165, 1.54) is 0 Å². The number of nitrogens with zero attached hydrogens (tertiary/aromatic N) is 1. The van der Waals surface area contributed by atoms with E-state index in [0.29, 0.717) is 0 Å². The molecule has 2 atom stereocenters. The van der Waals surface area contributed by atoms with Gasteiger partial charge in [-0.1, -0.05) is 39.0 Å². The molecule has 0 spiro atoms. The lowest BCUT2D eigenvalue weighted by Gasteiger charge is -2.33. The number of aliphatic hydroxyl groups excluding tert-OH is 1. The Labute approximate surface area is 114 Å². The fraction of sp³-hybridized carbons (Fsp3) is 0.438. The summed E-state index contributed by atoms with van der Waals surface area (Å²) in [5, 5.41) is 11.5. The summed E-state index contributed by atoms with van der Waals surface area (Å²) in [4.78, 5) is 4.39. The number of pyridine rings is 1. The van der Waals surface area contributed by atoms with E-state index in [2.05, 4.69) is 25.8 Å². The summed E-state index contributed by atoms with van der Waals surface area (Å²) in [6.45, 7) is 6.16. The van der Waals surface area contributed by atoms with Crippen LogP contribution in [0, 0.1) is 5.41 Å². The third-order valence-electron chi connectivity index (χ3n) is 3.35. The van der Waals surface area contributed by atoms with E-state index >= 15 is 0 Å². The smallest absolute Gasteiger partial charge is 0.107 e. The molecule has 0 amide bonds. The van der Waals surface area contributed by atoms with Gasteiger partial charge in [0.2, 0.25) is 0 Å². The largest absolute Gasteiger partial charge is 0.386 e. The van der Waals surface area contributed by atoms with Gasteiger partial charge in [0.05, 0.1) is 11.6 Å². The van der Waals surface area contributed by atoms with Gasteiger partial charge in [-0.25, -0.2) is 0 Å². The van der Waals surface area contributed by atoms with E-state index in [1.807, 2.05) is 30.3 Å². The number of aliphatic hydroxyl groups is 1. The van der Waals surface area contributed by atoms with Crippen LogP contribution < -0.4 is 0 Å². The van der Waals surface area contributed by atoms with E-state index in [9.17, 15) is 5.11 Å². The van der Waals surface area contributed by atoms with Gasteiger partial charge in [0.1, 0.15) is 6.10 Å². The topological polar surface area (TPSA) is 42.4 Å². The highest BCUT2D eigenvalue weighted by Gasteiger charge is 2.32. The average Bonchev–Trinajstić information content (AvgIpc) is 2.37. The Hall–Kier alpha value is -1.45. The van der Waals surface area contributed by atoms with E-state index in [4.69, 9.17) is 4.74 Å². The van der Waals surface area contributed by atoms with Crippen molar-refractivity contribution in [2.75, 3.05) is 7.11 Å². The van der Waals surface area contributed by atoms with Crippen LogP contribution in [0.1, 0.15) is 32.4 Å². The fourth-order valence-electron chi connectivity index (χ4n) is 2.38. The molecule has 0 bridgehead atoms. The summed E-state index contributed by atoms with van der Waals surface area (Å²) in [5.41, 5.74) is 1.59. The molecule has 3 nitrogen and oxygen atoms in total. The third kappa shape index (κ3) is 2.94. The summed E-state index contributed by atoms with van der Waals surface area (Å²) in [5.74, 6) is 0. The minimum atomic E-state index is -0.679. The molecule has 3 heteroatoms. The second-order valence-corrected chi connectivity index (χ2v) is 5.93. The minimum Gasteiger partial charge on any atom is -0.386 e. The van der Waals surface area contributed by atoms with Crippen molar-refractivity contribution in [1.29, 1.82) is 0 Å². The maximum atomic E-state index is 10.5. The zero-order valence-electron chi connectivity index (χ0n) is 11.9. The van der Waals surface area contributed by atoms with Crippen LogP contribution in [0.2, 0.25) is 0 Å². The molecule has 0 aliphatic heterocycles. The Morgan fingerprint density at radius 1 is 1.21 bits per heavy atom. The summed E-state index contributed by atoms with van der Waals surface area (Å²) < 4.78 is 5.47. The van der Waals surface area contributed by atoms with Crippen molar-refractivity contribution in [1.82, 2.24) is 4.98 Å². The highest BCUT2D eigenvalue weighted by molar-refractivity contribution is 5.78. The second kappa shape index (κ2) is 5.27. The zero-order valence-corrected chi connectivity index (χ0v) is 11.9. The van der Waals surface area contributed by atoms with Gasteiger partial charge in [-0.3, -0.25) is 4.98 Å². The quantitative estimate of drug-likeness (QED) is 0.919. The lowest BCUT2D eigenvalue weighted by Crippen LogP contribution is -2.34. The van der Waals surface area contributed by atoms with Gasteiger partial charge in [-0.05, 0) is 17.5 Å². The van der Waals surface area contributed by atoms with Crippen molar-refractivity contribution in [3.63, 3.8) is 0 Å². The predicted molar refractivity (Wildman–Crippen MR) is 77.0 cm³/mol. The molecule has 1 heterocycles. The first-order valence-electron chi connectivity index (χ1n) is 6.49. The number of hydrogen-bond donors (Lipinski definition) is 1. The first-order valence-corrected chi connectivity index (χ1v) is 6.49. The van der Waals surface area contributed by atoms with E-state index in [1.54, 1.807) is 13.3 Å². The summed E-state index contributed by atoms with van der Waals surface area (Å²) >= 11 is 0. The van der Waals surface area contributed by atoms with Gasteiger partial charge in [-0.15, -0.1) is 0 Å². The van der Waals surface area contributed by atoms with Crippen LogP contribution in [0.3, 0.4) is 0 Å². The molecule has 0 saturated carbocycles. The molecule has 1 aromatic carbocycles. The van der Waals surface area contributed by atoms with Crippen molar-refractivity contribution in [3.05, 3.63) is 42.1 Å². The highest BCUT2D eigenvalue weighted by atomic mass is 16.5. The molecule has 2 rings (SSSR count). The Morgan fingerprint density at radius 3 is 2.53 bits per heavy atom. The van der Waals surface area contributed by atoms with Crippen LogP contribution >= 0.6 is 0 Å². The number of fused-ring (bicyclic) bond motifs is 1. The van der Waals surface area contributed by atoms with Crippen molar-refractivity contribution in [2.24, 2.45) is 5.41 Å². The molecule has 0 saturated heterocycles. The van der Waals surface area contributed by atoms with Gasteiger partial charge in [0.25, 0.3) is 0 Å². The van der Waals surface area contributed by atoms with Crippen LogP contribution in [0.15, 0.2) is 36.5 Å². The first-order chi connectivity index (χ1) is 8.93. The molecular formula is C16H21NO2. The Morgan fingerprint density at radius 2 is 1.89 bits per heavy atom. The lowest BCUT2D eigenvalue weighted by atomic mass is 9.83. The molecule has 2 aromatic rings. The number of benzene rings is 1. The summed E-state index contributed by atoms with van der Waals surface area (Å²) in [7, 11) is 1.63. The SMILES string of the molecule is COC(C(O)c1cnc2ccccc2c1)C(C)(C)C. The van der Waals surface area contributed by atoms with Crippen LogP contribution in [0.25, 0.3) is 10.9 Å². The second-order valence-electron chi connectivity index (χ2n) is 5.93. The number of para-hydroxylation sites is 1. The van der Waals surface area contributed by atoms with Crippen molar-refractivity contribution < 1.29 is 9.84 Å². The van der Waals surface area contributed by atoms with Crippen molar-refractivity contribution in [2.45, 2.75) is 33.0 Å². The molecule has 0 aliphatic carbocycles. The minimum absolute atomic E-state index is 0.139. The number of aromatic nitrogens is 1. The summed E-state index contributed by atoms with van der Waals surface area (Å²) in [6.07, 6.45) is 0.780. The van der Waals surface area contributed by atoms with E-state index in [-0.39, 0.29) is 11.5 Å². The van der Waals surface area contributed by atoms with Gasteiger partial charge in [0, 0.05) is 24.3 Å². The highest BCUT2D eigenvalue weighted by Crippen LogP contribution is 2.32. The third-order valence-corrected chi connectivity index (χ3v) is 3.35. The molecule has 0 fully saturated rings. The molecule has 102 valence electrons. The maximum absolute atomic E-state index is 10.5. The monoisotopic (exact) mass is 259 g/mol. The number of hydrogen-bond acceptors (Lipinski definition) is 3. The molecular weight excluding hydrogens is 238 g/mol. The first kappa shape index (κ1) is 14.0. The van der Waals surface area contributed by atoms with Gasteiger partial charge >= 0.3 is 0 Å². The van der Waals surface area contributed by atoms with E-state index < -0.39 is 6.10 Å². The lowest BCUT2D eigenvalue weighted by molar-refractivity contribution is -0.0724. The molecule has 1 aromatic heterocycles. The number of methoxy groups -OCH3 is 1. The normalized spacial score (nSPS) is 15.4. The van der Waals surface area contributed by atoms with Gasteiger partial charge in [0.15, 0.2) is 0 Å². The van der Waals surface area contributed by atoms with Crippen LogP contribution in [-0.2, 0) is 4.74 Å². The van der Waals surface area contributed by atoms with Gasteiger partial charge < -0.3 is 9.84 Å². The molecule has 0 aliphatic rings. The predicted octanol–water partition coefficient (Wildman–Crippen LogP) is 3.33. The molecule has 0 radical (unpaired) electrons. The Bertz CT molecular complexity index is 560. The van der Waals surface area contributed by atoms with Crippen molar-refractivity contribution >= 4 is 10.9 Å². The number of rotatable bonds is 3.